The van der Waals surface area contributed by atoms with Crippen LogP contribution in [0.2, 0.25) is 15.1 Å². The third kappa shape index (κ3) is 3.64. The minimum absolute atomic E-state index is 0.101. The molecule has 106 valence electrons. The molecule has 0 aliphatic rings. The standard InChI is InChI=1S/C15H13Cl3FN/c1-20-15(11-8-10(19)3-5-12(11)16)7-9-2-4-13(17)14(18)6-9/h2-6,8,15,20H,7H2,1H3. The fourth-order valence-corrected chi connectivity index (χ4v) is 2.62. The number of hydrogen-bond acceptors (Lipinski definition) is 1. The zero-order valence-electron chi connectivity index (χ0n) is 10.8. The third-order valence-corrected chi connectivity index (χ3v) is 4.19. The molecule has 0 aliphatic heterocycles. The van der Waals surface area contributed by atoms with E-state index in [1.54, 1.807) is 18.2 Å². The van der Waals surface area contributed by atoms with Crippen molar-refractivity contribution in [3.05, 3.63) is 68.4 Å². The quantitative estimate of drug-likeness (QED) is 0.802. The summed E-state index contributed by atoms with van der Waals surface area (Å²) in [4.78, 5) is 0. The van der Waals surface area contributed by atoms with E-state index in [1.165, 1.54) is 12.1 Å². The molecule has 0 fully saturated rings. The molecule has 0 aliphatic carbocycles. The van der Waals surface area contributed by atoms with E-state index in [1.807, 2.05) is 13.1 Å². The predicted octanol–water partition coefficient (Wildman–Crippen LogP) is 5.29. The van der Waals surface area contributed by atoms with Crippen LogP contribution in [0.1, 0.15) is 17.2 Å². The number of halogens is 4. The van der Waals surface area contributed by atoms with Crippen molar-refractivity contribution in [1.82, 2.24) is 5.32 Å². The van der Waals surface area contributed by atoms with Crippen molar-refractivity contribution in [2.24, 2.45) is 0 Å². The zero-order valence-corrected chi connectivity index (χ0v) is 13.0. The lowest BCUT2D eigenvalue weighted by molar-refractivity contribution is 0.577. The second-order valence-corrected chi connectivity index (χ2v) is 5.68. The lowest BCUT2D eigenvalue weighted by atomic mass is 9.99. The lowest BCUT2D eigenvalue weighted by Crippen LogP contribution is -2.19. The molecular weight excluding hydrogens is 320 g/mol. The molecule has 2 rings (SSSR count). The number of hydrogen-bond donors (Lipinski definition) is 1. The maximum Gasteiger partial charge on any atom is 0.123 e. The van der Waals surface area contributed by atoms with Crippen LogP contribution < -0.4 is 5.32 Å². The topological polar surface area (TPSA) is 12.0 Å². The van der Waals surface area contributed by atoms with Gasteiger partial charge in [0, 0.05) is 11.1 Å². The first-order valence-corrected chi connectivity index (χ1v) is 7.21. The Kier molecular flexibility index (Phi) is 5.28. The fourth-order valence-electron chi connectivity index (χ4n) is 2.05. The zero-order chi connectivity index (χ0) is 14.7. The lowest BCUT2D eigenvalue weighted by Gasteiger charge is -2.18. The van der Waals surface area contributed by atoms with Crippen LogP contribution in [0, 0.1) is 5.82 Å². The van der Waals surface area contributed by atoms with Crippen LogP contribution in [0.25, 0.3) is 0 Å². The van der Waals surface area contributed by atoms with Gasteiger partial charge >= 0.3 is 0 Å². The van der Waals surface area contributed by atoms with Gasteiger partial charge < -0.3 is 5.32 Å². The van der Waals surface area contributed by atoms with Crippen molar-refractivity contribution in [2.45, 2.75) is 12.5 Å². The molecule has 0 aromatic heterocycles. The molecule has 0 heterocycles. The van der Waals surface area contributed by atoms with Gasteiger partial charge in [-0.05, 0) is 54.9 Å². The average Bonchev–Trinajstić information content (AvgIpc) is 2.43. The summed E-state index contributed by atoms with van der Waals surface area (Å²) in [6, 6.07) is 9.70. The number of likely N-dealkylation sites (N-methyl/N-ethyl adjacent to an activating group) is 1. The van der Waals surface area contributed by atoms with E-state index in [4.69, 9.17) is 34.8 Å². The smallest absolute Gasteiger partial charge is 0.123 e. The van der Waals surface area contributed by atoms with E-state index in [0.29, 0.717) is 21.5 Å². The average molecular weight is 333 g/mol. The SMILES string of the molecule is CNC(Cc1ccc(Cl)c(Cl)c1)c1cc(F)ccc1Cl. The van der Waals surface area contributed by atoms with Gasteiger partial charge in [-0.15, -0.1) is 0 Å². The predicted molar refractivity (Wildman–Crippen MR) is 83.4 cm³/mol. The van der Waals surface area contributed by atoms with Crippen molar-refractivity contribution >= 4 is 34.8 Å². The first-order chi connectivity index (χ1) is 9.51. The Morgan fingerprint density at radius 2 is 1.70 bits per heavy atom. The molecule has 5 heteroatoms. The summed E-state index contributed by atoms with van der Waals surface area (Å²) in [5.41, 5.74) is 1.72. The van der Waals surface area contributed by atoms with Gasteiger partial charge in [-0.3, -0.25) is 0 Å². The minimum Gasteiger partial charge on any atom is -0.313 e. The van der Waals surface area contributed by atoms with Gasteiger partial charge in [0.15, 0.2) is 0 Å². The normalized spacial score (nSPS) is 12.4. The van der Waals surface area contributed by atoms with Gasteiger partial charge in [0.1, 0.15) is 5.82 Å². The van der Waals surface area contributed by atoms with Crippen molar-refractivity contribution in [1.29, 1.82) is 0 Å². The van der Waals surface area contributed by atoms with Gasteiger partial charge in [0.25, 0.3) is 0 Å². The molecule has 1 N–H and O–H groups in total. The van der Waals surface area contributed by atoms with E-state index in [2.05, 4.69) is 5.32 Å². The highest BCUT2D eigenvalue weighted by atomic mass is 35.5. The van der Waals surface area contributed by atoms with Crippen molar-refractivity contribution < 1.29 is 4.39 Å². The monoisotopic (exact) mass is 331 g/mol. The van der Waals surface area contributed by atoms with Gasteiger partial charge in [0.05, 0.1) is 10.0 Å². The van der Waals surface area contributed by atoms with E-state index in [-0.39, 0.29) is 11.9 Å². The second-order valence-electron chi connectivity index (χ2n) is 4.46. The van der Waals surface area contributed by atoms with Crippen LogP contribution in [-0.4, -0.2) is 7.05 Å². The number of nitrogens with one attached hydrogen (secondary N) is 1. The van der Waals surface area contributed by atoms with Crippen LogP contribution in [0.5, 0.6) is 0 Å². The Balaban J connectivity index is 2.28. The highest BCUT2D eigenvalue weighted by molar-refractivity contribution is 6.42. The molecule has 0 spiro atoms. The highest BCUT2D eigenvalue weighted by Crippen LogP contribution is 2.29. The molecule has 0 bridgehead atoms. The van der Waals surface area contributed by atoms with Crippen molar-refractivity contribution in [3.63, 3.8) is 0 Å². The summed E-state index contributed by atoms with van der Waals surface area (Å²) in [6.45, 7) is 0. The summed E-state index contributed by atoms with van der Waals surface area (Å²) in [7, 11) is 1.81. The van der Waals surface area contributed by atoms with Gasteiger partial charge in [-0.25, -0.2) is 4.39 Å². The first-order valence-electron chi connectivity index (χ1n) is 6.07. The maximum absolute atomic E-state index is 13.4. The molecule has 2 aromatic carbocycles. The molecule has 1 unspecified atom stereocenters. The van der Waals surface area contributed by atoms with Crippen molar-refractivity contribution in [3.8, 4) is 0 Å². The number of rotatable bonds is 4. The molecule has 0 saturated heterocycles. The second kappa shape index (κ2) is 6.77. The molecule has 0 amide bonds. The Hall–Kier alpha value is -0.800. The Morgan fingerprint density at radius 3 is 2.35 bits per heavy atom. The third-order valence-electron chi connectivity index (χ3n) is 3.11. The molecule has 0 radical (unpaired) electrons. The Labute approximate surface area is 132 Å². The van der Waals surface area contributed by atoms with Crippen molar-refractivity contribution in [2.75, 3.05) is 7.05 Å². The van der Waals surface area contributed by atoms with E-state index < -0.39 is 0 Å². The summed E-state index contributed by atoms with van der Waals surface area (Å²) >= 11 is 18.0. The largest absolute Gasteiger partial charge is 0.313 e. The summed E-state index contributed by atoms with van der Waals surface area (Å²) in [5, 5.41) is 4.69. The first kappa shape index (κ1) is 15.6. The minimum atomic E-state index is -0.307. The molecular formula is C15H13Cl3FN. The fraction of sp³-hybridized carbons (Fsp3) is 0.200. The molecule has 20 heavy (non-hydrogen) atoms. The van der Waals surface area contributed by atoms with Gasteiger partial charge in [-0.2, -0.15) is 0 Å². The number of benzene rings is 2. The molecule has 2 aromatic rings. The Morgan fingerprint density at radius 1 is 1.00 bits per heavy atom. The summed E-state index contributed by atoms with van der Waals surface area (Å²) in [5.74, 6) is -0.307. The van der Waals surface area contributed by atoms with E-state index in [0.717, 1.165) is 11.1 Å². The Bertz CT molecular complexity index is 616. The van der Waals surface area contributed by atoms with Gasteiger partial charge in [0.2, 0.25) is 0 Å². The van der Waals surface area contributed by atoms with E-state index in [9.17, 15) is 4.39 Å². The van der Waals surface area contributed by atoms with Crippen LogP contribution in [0.4, 0.5) is 4.39 Å². The van der Waals surface area contributed by atoms with Crippen LogP contribution >= 0.6 is 34.8 Å². The highest BCUT2D eigenvalue weighted by Gasteiger charge is 2.15. The molecule has 1 nitrogen and oxygen atoms in total. The molecule has 1 atom stereocenters. The van der Waals surface area contributed by atoms with E-state index >= 15 is 0 Å². The van der Waals surface area contributed by atoms with Crippen LogP contribution in [0.3, 0.4) is 0 Å². The molecule has 0 saturated carbocycles. The summed E-state index contributed by atoms with van der Waals surface area (Å²) in [6.07, 6.45) is 0.635. The van der Waals surface area contributed by atoms with Crippen LogP contribution in [0.15, 0.2) is 36.4 Å². The van der Waals surface area contributed by atoms with Crippen LogP contribution in [-0.2, 0) is 6.42 Å². The maximum atomic E-state index is 13.4. The summed E-state index contributed by atoms with van der Waals surface area (Å²) < 4.78 is 13.4. The van der Waals surface area contributed by atoms with Gasteiger partial charge in [-0.1, -0.05) is 40.9 Å².